The molecule has 0 radical (unpaired) electrons. The Hall–Kier alpha value is -2.33. The second kappa shape index (κ2) is 8.55. The van der Waals surface area contributed by atoms with E-state index in [1.807, 2.05) is 0 Å². The van der Waals surface area contributed by atoms with E-state index in [1.54, 1.807) is 0 Å². The minimum atomic E-state index is 0.0427. The third kappa shape index (κ3) is 3.73. The molecule has 2 aromatic carbocycles. The average Bonchev–Trinajstić information content (AvgIpc) is 3.39. The molecular formula is C28H35N3O. The van der Waals surface area contributed by atoms with Gasteiger partial charge in [0, 0.05) is 38.3 Å². The van der Waals surface area contributed by atoms with Crippen molar-refractivity contribution in [3.63, 3.8) is 0 Å². The fourth-order valence-corrected chi connectivity index (χ4v) is 6.70. The zero-order valence-electron chi connectivity index (χ0n) is 19.1. The van der Waals surface area contributed by atoms with Crippen LogP contribution in [-0.4, -0.2) is 55.0 Å². The first-order chi connectivity index (χ1) is 15.8. The number of hydrogen-bond acceptors (Lipinski definition) is 3. The van der Waals surface area contributed by atoms with Gasteiger partial charge in [-0.1, -0.05) is 36.4 Å². The van der Waals surface area contributed by atoms with Gasteiger partial charge in [-0.05, 0) is 85.9 Å². The molecule has 32 heavy (non-hydrogen) atoms. The number of amides is 1. The van der Waals surface area contributed by atoms with Crippen molar-refractivity contribution in [2.75, 3.05) is 44.2 Å². The second-order valence-corrected chi connectivity index (χ2v) is 10.3. The lowest BCUT2D eigenvalue weighted by atomic mass is 9.77. The Bertz CT molecular complexity index is 957. The molecule has 0 saturated carbocycles. The van der Waals surface area contributed by atoms with Crippen molar-refractivity contribution in [3.8, 4) is 0 Å². The molecule has 5 heterocycles. The summed E-state index contributed by atoms with van der Waals surface area (Å²) in [5, 5.41) is 0. The van der Waals surface area contributed by atoms with E-state index in [9.17, 15) is 4.79 Å². The topological polar surface area (TPSA) is 26.8 Å². The maximum atomic E-state index is 13.7. The van der Waals surface area contributed by atoms with Gasteiger partial charge in [0.05, 0.1) is 6.04 Å². The molecule has 168 valence electrons. The molecule has 4 fully saturated rings. The summed E-state index contributed by atoms with van der Waals surface area (Å²) >= 11 is 0. The largest absolute Gasteiger partial charge is 0.372 e. The Morgan fingerprint density at radius 1 is 0.875 bits per heavy atom. The maximum absolute atomic E-state index is 13.7. The van der Waals surface area contributed by atoms with Gasteiger partial charge in [0.2, 0.25) is 5.91 Å². The summed E-state index contributed by atoms with van der Waals surface area (Å²) in [6.45, 7) is 6.74. The highest BCUT2D eigenvalue weighted by atomic mass is 16.2. The van der Waals surface area contributed by atoms with Crippen molar-refractivity contribution in [2.24, 2.45) is 11.8 Å². The lowest BCUT2D eigenvalue weighted by molar-refractivity contribution is -0.136. The van der Waals surface area contributed by atoms with Crippen LogP contribution >= 0.6 is 0 Å². The predicted molar refractivity (Wildman–Crippen MR) is 129 cm³/mol. The number of carbonyl (C=O) groups is 1. The monoisotopic (exact) mass is 429 g/mol. The van der Waals surface area contributed by atoms with Crippen LogP contribution in [0.5, 0.6) is 0 Å². The molecule has 0 aromatic heterocycles. The van der Waals surface area contributed by atoms with Crippen LogP contribution in [0.1, 0.15) is 54.8 Å². The molecule has 5 aliphatic rings. The van der Waals surface area contributed by atoms with Crippen LogP contribution in [-0.2, 0) is 11.2 Å². The number of anilines is 1. The quantitative estimate of drug-likeness (QED) is 0.716. The number of nitrogens with zero attached hydrogens (tertiary/aromatic N) is 3. The fraction of sp³-hybridized carbons (Fsp3) is 0.536. The molecule has 2 atom stereocenters. The molecule has 2 aromatic rings. The zero-order chi connectivity index (χ0) is 21.5. The molecule has 0 spiro atoms. The Kier molecular flexibility index (Phi) is 5.42. The van der Waals surface area contributed by atoms with Gasteiger partial charge in [-0.2, -0.15) is 0 Å². The lowest BCUT2D eigenvalue weighted by Crippen LogP contribution is -2.49. The van der Waals surface area contributed by atoms with Crippen LogP contribution < -0.4 is 4.90 Å². The smallest absolute Gasteiger partial charge is 0.223 e. The minimum Gasteiger partial charge on any atom is -0.372 e. The molecular weight excluding hydrogens is 394 g/mol. The SMILES string of the molecule is O=C(C[C@@H]1CN2CCC1CC2)N1CCc2ccccc2[C@H]1c1ccc(N2CCCC2)cc1. The van der Waals surface area contributed by atoms with Crippen LogP contribution in [0, 0.1) is 11.8 Å². The summed E-state index contributed by atoms with van der Waals surface area (Å²) in [6.07, 6.45) is 6.82. The Morgan fingerprint density at radius 3 is 2.34 bits per heavy atom. The van der Waals surface area contributed by atoms with E-state index in [0.29, 0.717) is 18.2 Å². The van der Waals surface area contributed by atoms with E-state index < -0.39 is 0 Å². The van der Waals surface area contributed by atoms with E-state index in [2.05, 4.69) is 63.2 Å². The molecule has 7 rings (SSSR count). The second-order valence-electron chi connectivity index (χ2n) is 10.3. The highest BCUT2D eigenvalue weighted by molar-refractivity contribution is 5.78. The molecule has 2 bridgehead atoms. The Balaban J connectivity index is 1.27. The van der Waals surface area contributed by atoms with Crippen LogP contribution in [0.15, 0.2) is 48.5 Å². The summed E-state index contributed by atoms with van der Waals surface area (Å²) in [5.74, 6) is 1.64. The van der Waals surface area contributed by atoms with Gasteiger partial charge in [0.25, 0.3) is 0 Å². The van der Waals surface area contributed by atoms with Gasteiger partial charge in [-0.25, -0.2) is 0 Å². The predicted octanol–water partition coefficient (Wildman–Crippen LogP) is 4.49. The highest BCUT2D eigenvalue weighted by Crippen LogP contribution is 2.39. The van der Waals surface area contributed by atoms with Crippen molar-refractivity contribution < 1.29 is 4.79 Å². The van der Waals surface area contributed by atoms with Crippen molar-refractivity contribution in [2.45, 2.75) is 44.6 Å². The molecule has 0 N–H and O–H groups in total. The van der Waals surface area contributed by atoms with Gasteiger partial charge >= 0.3 is 0 Å². The van der Waals surface area contributed by atoms with E-state index in [1.165, 1.54) is 61.2 Å². The maximum Gasteiger partial charge on any atom is 0.223 e. The van der Waals surface area contributed by atoms with Crippen LogP contribution in [0.25, 0.3) is 0 Å². The first-order valence-corrected chi connectivity index (χ1v) is 12.7. The van der Waals surface area contributed by atoms with Crippen LogP contribution in [0.3, 0.4) is 0 Å². The van der Waals surface area contributed by atoms with E-state index in [0.717, 1.165) is 38.5 Å². The van der Waals surface area contributed by atoms with Crippen molar-refractivity contribution in [1.29, 1.82) is 0 Å². The molecule has 4 heteroatoms. The third-order valence-electron chi connectivity index (χ3n) is 8.51. The van der Waals surface area contributed by atoms with Gasteiger partial charge in [0.15, 0.2) is 0 Å². The van der Waals surface area contributed by atoms with Crippen molar-refractivity contribution in [1.82, 2.24) is 9.80 Å². The fourth-order valence-electron chi connectivity index (χ4n) is 6.70. The lowest BCUT2D eigenvalue weighted by Gasteiger charge is -2.46. The number of hydrogen-bond donors (Lipinski definition) is 0. The number of rotatable bonds is 4. The summed E-state index contributed by atoms with van der Waals surface area (Å²) in [4.78, 5) is 21.0. The first kappa shape index (κ1) is 20.3. The number of benzene rings is 2. The molecule has 5 aliphatic heterocycles. The third-order valence-corrected chi connectivity index (χ3v) is 8.51. The van der Waals surface area contributed by atoms with E-state index in [-0.39, 0.29) is 6.04 Å². The van der Waals surface area contributed by atoms with E-state index in [4.69, 9.17) is 0 Å². The molecule has 0 unspecified atom stereocenters. The van der Waals surface area contributed by atoms with Gasteiger partial charge < -0.3 is 14.7 Å². The molecule has 0 aliphatic carbocycles. The van der Waals surface area contributed by atoms with Gasteiger partial charge in [0.1, 0.15) is 0 Å². The summed E-state index contributed by atoms with van der Waals surface area (Å²) in [7, 11) is 0. The number of carbonyl (C=O) groups excluding carboxylic acids is 1. The first-order valence-electron chi connectivity index (χ1n) is 12.7. The average molecular weight is 430 g/mol. The van der Waals surface area contributed by atoms with Crippen LogP contribution in [0.2, 0.25) is 0 Å². The van der Waals surface area contributed by atoms with Gasteiger partial charge in [-0.3, -0.25) is 4.79 Å². The standard InChI is InChI=1S/C28H35N3O/c32-27(19-24-20-29-16-11-21(24)12-17-29)31-18-13-22-5-1-2-6-26(22)28(31)23-7-9-25(10-8-23)30-14-3-4-15-30/h1-2,5-10,21,24,28H,3-4,11-20H2/t24-,28-/m1/s1. The summed E-state index contributed by atoms with van der Waals surface area (Å²) < 4.78 is 0. The number of piperidine rings is 3. The van der Waals surface area contributed by atoms with E-state index >= 15 is 0 Å². The molecule has 4 nitrogen and oxygen atoms in total. The zero-order valence-corrected chi connectivity index (χ0v) is 19.1. The Labute approximate surface area is 192 Å². The van der Waals surface area contributed by atoms with Gasteiger partial charge in [-0.15, -0.1) is 0 Å². The van der Waals surface area contributed by atoms with Crippen molar-refractivity contribution in [3.05, 3.63) is 65.2 Å². The summed E-state index contributed by atoms with van der Waals surface area (Å²) in [5.41, 5.74) is 5.28. The number of fused-ring (bicyclic) bond motifs is 4. The normalized spacial score (nSPS) is 29.2. The minimum absolute atomic E-state index is 0.0427. The van der Waals surface area contributed by atoms with Crippen LogP contribution in [0.4, 0.5) is 5.69 Å². The highest BCUT2D eigenvalue weighted by Gasteiger charge is 2.38. The molecule has 4 saturated heterocycles. The summed E-state index contributed by atoms with van der Waals surface area (Å²) in [6, 6.07) is 17.9. The van der Waals surface area contributed by atoms with Crippen molar-refractivity contribution >= 4 is 11.6 Å². The Morgan fingerprint density at radius 2 is 1.62 bits per heavy atom. The molecule has 1 amide bonds.